The van der Waals surface area contributed by atoms with Gasteiger partial charge < -0.3 is 21.3 Å². The second kappa shape index (κ2) is 10.3. The van der Waals surface area contributed by atoms with Gasteiger partial charge in [0.25, 0.3) is 0 Å². The van der Waals surface area contributed by atoms with E-state index in [9.17, 15) is 18.8 Å². The van der Waals surface area contributed by atoms with Crippen molar-refractivity contribution in [1.29, 1.82) is 0 Å². The maximum Gasteiger partial charge on any atom is 0.246 e. The van der Waals surface area contributed by atoms with Gasteiger partial charge >= 0.3 is 0 Å². The van der Waals surface area contributed by atoms with Crippen molar-refractivity contribution in [1.82, 2.24) is 10.2 Å². The highest BCUT2D eigenvalue weighted by Crippen LogP contribution is 2.19. The molecule has 1 fully saturated rings. The van der Waals surface area contributed by atoms with Crippen LogP contribution in [0.1, 0.15) is 40.0 Å². The zero-order chi connectivity index (χ0) is 21.6. The van der Waals surface area contributed by atoms with Gasteiger partial charge in [-0.05, 0) is 56.4 Å². The Morgan fingerprint density at radius 1 is 1.14 bits per heavy atom. The van der Waals surface area contributed by atoms with Crippen LogP contribution < -0.4 is 16.4 Å². The highest BCUT2D eigenvalue weighted by atomic mass is 19.1. The Kier molecular flexibility index (Phi) is 8.13. The SMILES string of the molecule is CC(C)CC(N)C(=O)N1CCC(C(=O)NC(C)C(=O)Nc2ccc(F)cc2)CC1. The van der Waals surface area contributed by atoms with Gasteiger partial charge in [0.1, 0.15) is 11.9 Å². The minimum absolute atomic E-state index is 0.0652. The third-order valence-electron chi connectivity index (χ3n) is 5.08. The number of amides is 3. The second-order valence-electron chi connectivity index (χ2n) is 8.06. The first-order chi connectivity index (χ1) is 13.7. The summed E-state index contributed by atoms with van der Waals surface area (Å²) in [5.41, 5.74) is 6.44. The van der Waals surface area contributed by atoms with Crippen molar-refractivity contribution in [3.8, 4) is 0 Å². The molecule has 0 aliphatic carbocycles. The summed E-state index contributed by atoms with van der Waals surface area (Å²) in [4.78, 5) is 38.9. The summed E-state index contributed by atoms with van der Waals surface area (Å²) in [6.07, 6.45) is 1.72. The third kappa shape index (κ3) is 6.81. The zero-order valence-corrected chi connectivity index (χ0v) is 17.3. The van der Waals surface area contributed by atoms with E-state index in [1.807, 2.05) is 13.8 Å². The molecule has 0 spiro atoms. The summed E-state index contributed by atoms with van der Waals surface area (Å²) in [6, 6.07) is 4.18. The molecule has 160 valence electrons. The number of benzene rings is 1. The van der Waals surface area contributed by atoms with Crippen molar-refractivity contribution in [3.63, 3.8) is 0 Å². The fourth-order valence-corrected chi connectivity index (χ4v) is 3.39. The number of anilines is 1. The van der Waals surface area contributed by atoms with Gasteiger partial charge in [0.05, 0.1) is 6.04 Å². The average molecular weight is 407 g/mol. The molecule has 29 heavy (non-hydrogen) atoms. The van der Waals surface area contributed by atoms with Crippen LogP contribution in [0.2, 0.25) is 0 Å². The lowest BCUT2D eigenvalue weighted by atomic mass is 9.94. The molecule has 1 aliphatic heterocycles. The van der Waals surface area contributed by atoms with E-state index in [0.29, 0.717) is 44.0 Å². The van der Waals surface area contributed by atoms with E-state index in [1.54, 1.807) is 11.8 Å². The quantitative estimate of drug-likeness (QED) is 0.643. The number of carbonyl (C=O) groups is 3. The topological polar surface area (TPSA) is 105 Å². The van der Waals surface area contributed by atoms with Crippen LogP contribution in [0.4, 0.5) is 10.1 Å². The summed E-state index contributed by atoms with van der Waals surface area (Å²) in [7, 11) is 0. The maximum absolute atomic E-state index is 12.9. The third-order valence-corrected chi connectivity index (χ3v) is 5.08. The molecular weight excluding hydrogens is 375 g/mol. The summed E-state index contributed by atoms with van der Waals surface area (Å²) in [5.74, 6) is -0.937. The van der Waals surface area contributed by atoms with Crippen LogP contribution in [0, 0.1) is 17.7 Å². The molecule has 3 amide bonds. The number of likely N-dealkylation sites (tertiary alicyclic amines) is 1. The van der Waals surface area contributed by atoms with Crippen LogP contribution >= 0.6 is 0 Å². The van der Waals surface area contributed by atoms with Gasteiger partial charge in [0.15, 0.2) is 0 Å². The predicted molar refractivity (Wildman–Crippen MR) is 109 cm³/mol. The van der Waals surface area contributed by atoms with Crippen molar-refractivity contribution < 1.29 is 18.8 Å². The Morgan fingerprint density at radius 2 is 1.72 bits per heavy atom. The number of carbonyl (C=O) groups excluding carboxylic acids is 3. The molecule has 7 nitrogen and oxygen atoms in total. The largest absolute Gasteiger partial charge is 0.344 e. The second-order valence-corrected chi connectivity index (χ2v) is 8.06. The first-order valence-corrected chi connectivity index (χ1v) is 10.1. The lowest BCUT2D eigenvalue weighted by Crippen LogP contribution is -2.50. The van der Waals surface area contributed by atoms with Crippen LogP contribution in [0.25, 0.3) is 0 Å². The highest BCUT2D eigenvalue weighted by Gasteiger charge is 2.30. The monoisotopic (exact) mass is 406 g/mol. The predicted octanol–water partition coefficient (Wildman–Crippen LogP) is 1.88. The van der Waals surface area contributed by atoms with Gasteiger partial charge in [-0.2, -0.15) is 0 Å². The van der Waals surface area contributed by atoms with Crippen LogP contribution in [0.15, 0.2) is 24.3 Å². The molecule has 1 aromatic carbocycles. The Balaban J connectivity index is 1.79. The van der Waals surface area contributed by atoms with Crippen molar-refractivity contribution in [2.24, 2.45) is 17.6 Å². The molecule has 4 N–H and O–H groups in total. The molecule has 0 bridgehead atoms. The molecule has 0 saturated carbocycles. The first kappa shape index (κ1) is 22.8. The molecule has 0 radical (unpaired) electrons. The van der Waals surface area contributed by atoms with Crippen molar-refractivity contribution in [2.75, 3.05) is 18.4 Å². The van der Waals surface area contributed by atoms with E-state index in [4.69, 9.17) is 5.73 Å². The van der Waals surface area contributed by atoms with Crippen molar-refractivity contribution in [3.05, 3.63) is 30.1 Å². The summed E-state index contributed by atoms with van der Waals surface area (Å²) in [5, 5.41) is 5.36. The van der Waals surface area contributed by atoms with Crippen molar-refractivity contribution in [2.45, 2.75) is 52.1 Å². The van der Waals surface area contributed by atoms with E-state index in [2.05, 4.69) is 10.6 Å². The summed E-state index contributed by atoms with van der Waals surface area (Å²) in [6.45, 7) is 6.62. The minimum atomic E-state index is -0.730. The van der Waals surface area contributed by atoms with Crippen molar-refractivity contribution >= 4 is 23.4 Å². The van der Waals surface area contributed by atoms with E-state index >= 15 is 0 Å². The molecule has 2 rings (SSSR count). The first-order valence-electron chi connectivity index (χ1n) is 10.1. The number of hydrogen-bond donors (Lipinski definition) is 3. The maximum atomic E-state index is 12.9. The molecule has 1 aromatic rings. The number of nitrogens with zero attached hydrogens (tertiary/aromatic N) is 1. The Bertz CT molecular complexity index is 715. The average Bonchev–Trinajstić information content (AvgIpc) is 2.68. The Labute approximate surface area is 171 Å². The molecule has 2 atom stereocenters. The number of nitrogens with one attached hydrogen (secondary N) is 2. The van der Waals surface area contributed by atoms with E-state index in [0.717, 1.165) is 0 Å². The lowest BCUT2D eigenvalue weighted by Gasteiger charge is -2.33. The Morgan fingerprint density at radius 3 is 2.28 bits per heavy atom. The van der Waals surface area contributed by atoms with Gasteiger partial charge in [0, 0.05) is 24.7 Å². The smallest absolute Gasteiger partial charge is 0.246 e. The molecule has 1 saturated heterocycles. The van der Waals surface area contributed by atoms with Crippen LogP contribution in [0.5, 0.6) is 0 Å². The minimum Gasteiger partial charge on any atom is -0.344 e. The molecule has 8 heteroatoms. The van der Waals surface area contributed by atoms with E-state index < -0.39 is 12.1 Å². The number of halogens is 1. The van der Waals surface area contributed by atoms with Crippen LogP contribution in [0.3, 0.4) is 0 Å². The van der Waals surface area contributed by atoms with Gasteiger partial charge in [-0.1, -0.05) is 13.8 Å². The van der Waals surface area contributed by atoms with Gasteiger partial charge in [-0.3, -0.25) is 14.4 Å². The lowest BCUT2D eigenvalue weighted by molar-refractivity contribution is -0.137. The number of piperidine rings is 1. The van der Waals surface area contributed by atoms with E-state index in [1.165, 1.54) is 24.3 Å². The normalized spacial score (nSPS) is 17.0. The Hall–Kier alpha value is -2.48. The number of nitrogens with two attached hydrogens (primary N) is 1. The molecular formula is C21H31FN4O3. The van der Waals surface area contributed by atoms with Crippen LogP contribution in [-0.4, -0.2) is 47.8 Å². The van der Waals surface area contributed by atoms with Gasteiger partial charge in [-0.25, -0.2) is 4.39 Å². The van der Waals surface area contributed by atoms with Gasteiger partial charge in [-0.15, -0.1) is 0 Å². The molecule has 1 aliphatic rings. The van der Waals surface area contributed by atoms with Crippen LogP contribution in [-0.2, 0) is 14.4 Å². The highest BCUT2D eigenvalue weighted by molar-refractivity contribution is 5.97. The molecule has 0 aromatic heterocycles. The molecule has 1 heterocycles. The fraction of sp³-hybridized carbons (Fsp3) is 0.571. The number of hydrogen-bond acceptors (Lipinski definition) is 4. The zero-order valence-electron chi connectivity index (χ0n) is 17.3. The van der Waals surface area contributed by atoms with Gasteiger partial charge in [0.2, 0.25) is 17.7 Å². The summed E-state index contributed by atoms with van der Waals surface area (Å²) < 4.78 is 12.9. The molecule has 2 unspecified atom stereocenters. The number of rotatable bonds is 7. The fourth-order valence-electron chi connectivity index (χ4n) is 3.39. The standard InChI is InChI=1S/C21H31FN4O3/c1-13(2)12-18(23)21(29)26-10-8-15(9-11-26)20(28)24-14(3)19(27)25-17-6-4-16(22)5-7-17/h4-7,13-15,18H,8-12,23H2,1-3H3,(H,24,28)(H,25,27). The van der Waals surface area contributed by atoms with E-state index in [-0.39, 0.29) is 29.5 Å². The summed E-state index contributed by atoms with van der Waals surface area (Å²) >= 11 is 0.